The van der Waals surface area contributed by atoms with Crippen LogP contribution >= 0.6 is 23.2 Å². The van der Waals surface area contributed by atoms with Crippen molar-refractivity contribution in [3.63, 3.8) is 0 Å². The standard InChI is InChI=1S/C32H32Cl2O8/c1-18-14-22-21-9-8-19-15-20(35)10-11-29(19,2)31(21,34)26(41-27(37)23-6-4-12-39-23)16-30(22,3)32(18,25(36)17-33)42-28(38)24-7-5-13-40-24/h4-7,10-13,15,18,21-22,26H,8-9,14,16-17H2,1-3H3/t18-,21+,22+,26+,29+,30+,31+,32+/m1/s1. The number of carbonyl (C=O) groups excluding carboxylic acids is 4. The SMILES string of the molecule is C[C@@H]1C[C@H]2[C@@H]3CCC4=CC(=O)C=C[C@]4(C)[C@@]3(Cl)[C@@H](OC(=O)c3ccco3)C[C@]2(C)[C@@]1(OC(=O)c1ccco1)C(=O)CCl. The Hall–Kier alpha value is -3.10. The molecule has 4 aliphatic carbocycles. The molecule has 0 bridgehead atoms. The molecule has 0 aliphatic heterocycles. The molecule has 3 fully saturated rings. The first-order valence-electron chi connectivity index (χ1n) is 14.2. The van der Waals surface area contributed by atoms with Gasteiger partial charge < -0.3 is 18.3 Å². The Labute approximate surface area is 253 Å². The van der Waals surface area contributed by atoms with E-state index in [4.69, 9.17) is 41.5 Å². The minimum atomic E-state index is -1.63. The van der Waals surface area contributed by atoms with Crippen LogP contribution in [0.5, 0.6) is 0 Å². The highest BCUT2D eigenvalue weighted by molar-refractivity contribution is 6.29. The second kappa shape index (κ2) is 9.98. The van der Waals surface area contributed by atoms with E-state index in [0.29, 0.717) is 19.3 Å². The Morgan fingerprint density at radius 1 is 1.05 bits per heavy atom. The molecule has 4 aliphatic rings. The highest BCUT2D eigenvalue weighted by atomic mass is 35.5. The lowest BCUT2D eigenvalue weighted by Gasteiger charge is -2.64. The first-order valence-corrected chi connectivity index (χ1v) is 15.1. The molecule has 2 heterocycles. The Balaban J connectivity index is 1.50. The topological polar surface area (TPSA) is 113 Å². The van der Waals surface area contributed by atoms with Gasteiger partial charge in [-0.2, -0.15) is 0 Å². The minimum Gasteiger partial charge on any atom is -0.457 e. The number of ketones is 2. The summed E-state index contributed by atoms with van der Waals surface area (Å²) < 4.78 is 23.1. The molecule has 42 heavy (non-hydrogen) atoms. The van der Waals surface area contributed by atoms with Gasteiger partial charge in [-0.15, -0.1) is 23.2 Å². The van der Waals surface area contributed by atoms with E-state index in [0.717, 1.165) is 5.57 Å². The number of esters is 2. The first kappa shape index (κ1) is 29.0. The quantitative estimate of drug-likeness (QED) is 0.274. The molecular weight excluding hydrogens is 583 g/mol. The average Bonchev–Trinajstić information content (AvgIpc) is 3.72. The molecule has 2 aromatic heterocycles. The monoisotopic (exact) mass is 614 g/mol. The molecule has 0 unspecified atom stereocenters. The predicted molar refractivity (Wildman–Crippen MR) is 152 cm³/mol. The van der Waals surface area contributed by atoms with Crippen molar-refractivity contribution in [2.24, 2.45) is 28.6 Å². The van der Waals surface area contributed by atoms with E-state index >= 15 is 0 Å². The number of hydrogen-bond acceptors (Lipinski definition) is 8. The lowest BCUT2D eigenvalue weighted by Crippen LogP contribution is -2.70. The van der Waals surface area contributed by atoms with Crippen LogP contribution in [0.4, 0.5) is 0 Å². The average molecular weight is 616 g/mol. The predicted octanol–water partition coefficient (Wildman–Crippen LogP) is 6.33. The van der Waals surface area contributed by atoms with Crippen LogP contribution in [0.1, 0.15) is 67.6 Å². The van der Waals surface area contributed by atoms with Crippen LogP contribution < -0.4 is 0 Å². The van der Waals surface area contributed by atoms with Crippen molar-refractivity contribution < 1.29 is 37.5 Å². The molecule has 0 amide bonds. The number of alkyl halides is 2. The summed E-state index contributed by atoms with van der Waals surface area (Å²) in [5, 5.41) is 0. The number of furan rings is 2. The summed E-state index contributed by atoms with van der Waals surface area (Å²) in [6.07, 6.45) is 8.58. The van der Waals surface area contributed by atoms with Gasteiger partial charge in [0, 0.05) is 16.7 Å². The van der Waals surface area contributed by atoms with Crippen LogP contribution in [0, 0.1) is 28.6 Å². The van der Waals surface area contributed by atoms with E-state index in [1.54, 1.807) is 18.2 Å². The maximum Gasteiger partial charge on any atom is 0.375 e. The van der Waals surface area contributed by atoms with Gasteiger partial charge in [-0.05, 0) is 73.9 Å². The molecule has 3 saturated carbocycles. The van der Waals surface area contributed by atoms with Crippen LogP contribution in [0.25, 0.3) is 0 Å². The van der Waals surface area contributed by atoms with Crippen molar-refractivity contribution in [3.05, 3.63) is 72.1 Å². The van der Waals surface area contributed by atoms with Crippen molar-refractivity contribution in [2.45, 2.75) is 63.0 Å². The summed E-state index contributed by atoms with van der Waals surface area (Å²) in [6.45, 7) is 5.78. The summed E-state index contributed by atoms with van der Waals surface area (Å²) in [5.74, 6) is -3.31. The number of fused-ring (bicyclic) bond motifs is 5. The molecule has 2 aromatic rings. The van der Waals surface area contributed by atoms with Crippen LogP contribution in [0.15, 0.2) is 69.4 Å². The maximum absolute atomic E-state index is 13.9. The summed E-state index contributed by atoms with van der Waals surface area (Å²) in [5.41, 5.74) is -2.59. The maximum atomic E-state index is 13.9. The number of Topliss-reactive ketones (excluding diaryl/α,β-unsaturated/α-hetero) is 1. The Bertz CT molecular complexity index is 1490. The van der Waals surface area contributed by atoms with Crippen molar-refractivity contribution in [1.82, 2.24) is 0 Å². The summed E-state index contributed by atoms with van der Waals surface area (Å²) in [7, 11) is 0. The van der Waals surface area contributed by atoms with Gasteiger partial charge in [-0.1, -0.05) is 32.4 Å². The zero-order chi connectivity index (χ0) is 30.1. The molecule has 6 rings (SSSR count). The second-order valence-electron chi connectivity index (χ2n) is 12.4. The van der Waals surface area contributed by atoms with E-state index in [-0.39, 0.29) is 41.4 Å². The highest BCUT2D eigenvalue weighted by Gasteiger charge is 2.77. The smallest absolute Gasteiger partial charge is 0.375 e. The molecule has 8 atom stereocenters. The summed E-state index contributed by atoms with van der Waals surface area (Å²) >= 11 is 14.1. The van der Waals surface area contributed by atoms with E-state index < -0.39 is 51.0 Å². The number of rotatable bonds is 6. The minimum absolute atomic E-state index is 0.0114. The molecule has 10 heteroatoms. The van der Waals surface area contributed by atoms with Gasteiger partial charge in [0.05, 0.1) is 23.3 Å². The fourth-order valence-corrected chi connectivity index (χ4v) is 9.53. The van der Waals surface area contributed by atoms with Crippen molar-refractivity contribution in [2.75, 3.05) is 5.88 Å². The lowest BCUT2D eigenvalue weighted by molar-refractivity contribution is -0.177. The van der Waals surface area contributed by atoms with Gasteiger partial charge in [0.25, 0.3) is 0 Å². The van der Waals surface area contributed by atoms with Crippen LogP contribution in [-0.2, 0) is 19.1 Å². The van der Waals surface area contributed by atoms with Gasteiger partial charge in [0.1, 0.15) is 6.10 Å². The van der Waals surface area contributed by atoms with Crippen LogP contribution in [-0.4, -0.2) is 46.0 Å². The van der Waals surface area contributed by atoms with E-state index in [2.05, 4.69) is 0 Å². The number of allylic oxidation sites excluding steroid dienone is 4. The third-order valence-corrected chi connectivity index (χ3v) is 11.8. The second-order valence-corrected chi connectivity index (χ2v) is 13.3. The third-order valence-electron chi connectivity index (χ3n) is 10.6. The molecular formula is C32H32Cl2O8. The summed E-state index contributed by atoms with van der Waals surface area (Å²) in [6, 6.07) is 6.14. The zero-order valence-corrected chi connectivity index (χ0v) is 25.1. The number of hydrogen-bond donors (Lipinski definition) is 0. The first-order chi connectivity index (χ1) is 19.9. The summed E-state index contributed by atoms with van der Waals surface area (Å²) in [4.78, 5) is 52.0. The lowest BCUT2D eigenvalue weighted by atomic mass is 9.45. The molecule has 0 N–H and O–H groups in total. The third kappa shape index (κ3) is 3.80. The number of ether oxygens (including phenoxy) is 2. The molecule has 0 aromatic carbocycles. The zero-order valence-electron chi connectivity index (χ0n) is 23.6. The van der Waals surface area contributed by atoms with Gasteiger partial charge in [-0.25, -0.2) is 9.59 Å². The van der Waals surface area contributed by atoms with Gasteiger partial charge in [-0.3, -0.25) is 9.59 Å². The molecule has 8 nitrogen and oxygen atoms in total. The van der Waals surface area contributed by atoms with Crippen LogP contribution in [0.3, 0.4) is 0 Å². The number of carbonyl (C=O) groups is 4. The van der Waals surface area contributed by atoms with Crippen LogP contribution in [0.2, 0.25) is 0 Å². The Kier molecular flexibility index (Phi) is 6.89. The fourth-order valence-electron chi connectivity index (χ4n) is 8.76. The Morgan fingerprint density at radius 3 is 2.33 bits per heavy atom. The van der Waals surface area contributed by atoms with Crippen molar-refractivity contribution in [3.8, 4) is 0 Å². The number of halogens is 2. The molecule has 0 radical (unpaired) electrons. The molecule has 0 spiro atoms. The van der Waals surface area contributed by atoms with E-state index in [1.165, 1.54) is 30.7 Å². The van der Waals surface area contributed by atoms with Crippen molar-refractivity contribution >= 4 is 46.7 Å². The van der Waals surface area contributed by atoms with E-state index in [1.807, 2.05) is 26.8 Å². The van der Waals surface area contributed by atoms with Gasteiger partial charge in [0.15, 0.2) is 17.2 Å². The van der Waals surface area contributed by atoms with Crippen molar-refractivity contribution in [1.29, 1.82) is 0 Å². The van der Waals surface area contributed by atoms with Gasteiger partial charge >= 0.3 is 11.9 Å². The normalized spacial score (nSPS) is 38.6. The molecule has 222 valence electrons. The largest absolute Gasteiger partial charge is 0.457 e. The fraction of sp³-hybridized carbons (Fsp3) is 0.500. The van der Waals surface area contributed by atoms with Gasteiger partial charge in [0.2, 0.25) is 11.5 Å². The highest BCUT2D eigenvalue weighted by Crippen LogP contribution is 2.72. The molecule has 0 saturated heterocycles. The Morgan fingerprint density at radius 2 is 1.71 bits per heavy atom. The van der Waals surface area contributed by atoms with E-state index in [9.17, 15) is 19.2 Å².